The van der Waals surface area contributed by atoms with E-state index in [4.69, 9.17) is 11.6 Å². The molecule has 2 aliphatic heterocycles. The fraction of sp³-hybridized carbons (Fsp3) is 0.545. The lowest BCUT2D eigenvalue weighted by Crippen LogP contribution is -2.42. The molecular weight excluding hydrogens is 274 g/mol. The van der Waals surface area contributed by atoms with Crippen LogP contribution in [0.3, 0.4) is 0 Å². The molecule has 0 radical (unpaired) electrons. The highest BCUT2D eigenvalue weighted by Gasteiger charge is 2.35. The van der Waals surface area contributed by atoms with Gasteiger partial charge in [-0.3, -0.25) is 4.98 Å². The van der Waals surface area contributed by atoms with E-state index < -0.39 is 9.84 Å². The zero-order valence-electron chi connectivity index (χ0n) is 9.76. The van der Waals surface area contributed by atoms with Crippen molar-refractivity contribution in [2.24, 2.45) is 0 Å². The van der Waals surface area contributed by atoms with Gasteiger partial charge in [0.05, 0.1) is 34.1 Å². The van der Waals surface area contributed by atoms with Crippen molar-refractivity contribution in [2.45, 2.75) is 12.5 Å². The Morgan fingerprint density at radius 2 is 2.28 bits per heavy atom. The zero-order chi connectivity index (χ0) is 12.8. The van der Waals surface area contributed by atoms with Gasteiger partial charge in [0.2, 0.25) is 0 Å². The highest BCUT2D eigenvalue weighted by molar-refractivity contribution is 7.91. The van der Waals surface area contributed by atoms with E-state index in [2.05, 4.69) is 15.2 Å². The SMILES string of the molecule is O=S1(=O)CCC(N2CCNc3cncc(Cl)c32)C1. The maximum absolute atomic E-state index is 11.6. The number of anilines is 2. The van der Waals surface area contributed by atoms with Gasteiger partial charge in [0, 0.05) is 25.3 Å². The molecule has 98 valence electrons. The summed E-state index contributed by atoms with van der Waals surface area (Å²) in [5.74, 6) is 0.505. The van der Waals surface area contributed by atoms with Crippen LogP contribution in [-0.2, 0) is 9.84 Å². The number of rotatable bonds is 1. The van der Waals surface area contributed by atoms with E-state index in [1.54, 1.807) is 12.4 Å². The van der Waals surface area contributed by atoms with Crippen LogP contribution >= 0.6 is 11.6 Å². The van der Waals surface area contributed by atoms with Gasteiger partial charge in [0.15, 0.2) is 9.84 Å². The molecule has 0 bridgehead atoms. The lowest BCUT2D eigenvalue weighted by atomic mass is 10.1. The standard InChI is InChI=1S/C11H14ClN3O2S/c12-9-5-13-6-10-11(9)15(3-2-14-10)8-1-4-18(16,17)7-8/h5-6,8,14H,1-4,7H2. The van der Waals surface area contributed by atoms with Gasteiger partial charge in [0.25, 0.3) is 0 Å². The van der Waals surface area contributed by atoms with Gasteiger partial charge >= 0.3 is 0 Å². The van der Waals surface area contributed by atoms with Crippen LogP contribution in [0.1, 0.15) is 6.42 Å². The number of hydrogen-bond donors (Lipinski definition) is 1. The highest BCUT2D eigenvalue weighted by Crippen LogP contribution is 2.37. The van der Waals surface area contributed by atoms with Crippen molar-refractivity contribution in [3.05, 3.63) is 17.4 Å². The summed E-state index contributed by atoms with van der Waals surface area (Å²) in [5, 5.41) is 3.81. The summed E-state index contributed by atoms with van der Waals surface area (Å²) < 4.78 is 23.2. The number of nitrogens with zero attached hydrogens (tertiary/aromatic N) is 2. The monoisotopic (exact) mass is 287 g/mol. The molecule has 1 saturated heterocycles. The normalized spacial score (nSPS) is 25.6. The van der Waals surface area contributed by atoms with Crippen LogP contribution in [0.4, 0.5) is 11.4 Å². The van der Waals surface area contributed by atoms with E-state index in [9.17, 15) is 8.42 Å². The molecule has 1 unspecified atom stereocenters. The Kier molecular flexibility index (Phi) is 2.86. The Balaban J connectivity index is 1.97. The number of nitrogens with one attached hydrogen (secondary N) is 1. The van der Waals surface area contributed by atoms with Crippen molar-refractivity contribution in [3.8, 4) is 0 Å². The summed E-state index contributed by atoms with van der Waals surface area (Å²) in [4.78, 5) is 6.16. The lowest BCUT2D eigenvalue weighted by Gasteiger charge is -2.36. The van der Waals surface area contributed by atoms with Crippen LogP contribution in [0.25, 0.3) is 0 Å². The second-order valence-electron chi connectivity index (χ2n) is 4.69. The number of sulfone groups is 1. The average molecular weight is 288 g/mol. The minimum atomic E-state index is -2.88. The number of hydrogen-bond acceptors (Lipinski definition) is 5. The Morgan fingerprint density at radius 1 is 1.44 bits per heavy atom. The zero-order valence-corrected chi connectivity index (χ0v) is 11.3. The van der Waals surface area contributed by atoms with E-state index in [1.165, 1.54) is 0 Å². The average Bonchev–Trinajstić information content (AvgIpc) is 2.69. The second kappa shape index (κ2) is 4.28. The topological polar surface area (TPSA) is 62.3 Å². The molecule has 0 saturated carbocycles. The van der Waals surface area contributed by atoms with Gasteiger partial charge in [-0.1, -0.05) is 11.6 Å². The predicted octanol–water partition coefficient (Wildman–Crippen LogP) is 1.15. The van der Waals surface area contributed by atoms with Crippen LogP contribution in [0.2, 0.25) is 5.02 Å². The van der Waals surface area contributed by atoms with Gasteiger partial charge in [-0.05, 0) is 6.42 Å². The fourth-order valence-electron chi connectivity index (χ4n) is 2.66. The van der Waals surface area contributed by atoms with Crippen LogP contribution < -0.4 is 10.2 Å². The number of aromatic nitrogens is 1. The highest BCUT2D eigenvalue weighted by atomic mass is 35.5. The van der Waals surface area contributed by atoms with Crippen molar-refractivity contribution in [1.29, 1.82) is 0 Å². The molecule has 3 heterocycles. The molecule has 3 rings (SSSR count). The van der Waals surface area contributed by atoms with Crippen LogP contribution in [0.15, 0.2) is 12.4 Å². The van der Waals surface area contributed by atoms with Gasteiger partial charge < -0.3 is 10.2 Å². The number of halogens is 1. The third kappa shape index (κ3) is 2.03. The van der Waals surface area contributed by atoms with Crippen LogP contribution in [0, 0.1) is 0 Å². The lowest BCUT2D eigenvalue weighted by molar-refractivity contribution is 0.599. The molecule has 1 aromatic heterocycles. The van der Waals surface area contributed by atoms with E-state index in [-0.39, 0.29) is 17.5 Å². The molecule has 1 fully saturated rings. The summed E-state index contributed by atoms with van der Waals surface area (Å²) in [6.07, 6.45) is 4.01. The van der Waals surface area contributed by atoms with E-state index in [0.29, 0.717) is 11.4 Å². The second-order valence-corrected chi connectivity index (χ2v) is 7.33. The van der Waals surface area contributed by atoms with Gasteiger partial charge in [0.1, 0.15) is 0 Å². The molecule has 0 aromatic carbocycles. The first-order valence-electron chi connectivity index (χ1n) is 5.91. The van der Waals surface area contributed by atoms with E-state index >= 15 is 0 Å². The van der Waals surface area contributed by atoms with Gasteiger partial charge in [-0.15, -0.1) is 0 Å². The Hall–Kier alpha value is -1.01. The van der Waals surface area contributed by atoms with Crippen LogP contribution in [-0.4, -0.2) is 44.0 Å². The summed E-state index contributed by atoms with van der Waals surface area (Å²) in [5.41, 5.74) is 1.78. The largest absolute Gasteiger partial charge is 0.380 e. The smallest absolute Gasteiger partial charge is 0.152 e. The molecule has 1 N–H and O–H groups in total. The molecular formula is C11H14ClN3O2S. The first-order valence-corrected chi connectivity index (χ1v) is 8.11. The third-order valence-corrected chi connectivity index (χ3v) is 5.50. The molecule has 0 spiro atoms. The maximum atomic E-state index is 11.6. The van der Waals surface area contributed by atoms with Gasteiger partial charge in [-0.25, -0.2) is 8.42 Å². The summed E-state index contributed by atoms with van der Waals surface area (Å²) in [6, 6.07) is 0.0377. The number of fused-ring (bicyclic) bond motifs is 1. The molecule has 1 atom stereocenters. The third-order valence-electron chi connectivity index (χ3n) is 3.48. The first kappa shape index (κ1) is 12.0. The summed E-state index contributed by atoms with van der Waals surface area (Å²) in [6.45, 7) is 1.56. The summed E-state index contributed by atoms with van der Waals surface area (Å²) >= 11 is 6.19. The molecule has 18 heavy (non-hydrogen) atoms. The molecule has 5 nitrogen and oxygen atoms in total. The van der Waals surface area contributed by atoms with Crippen molar-refractivity contribution >= 4 is 32.8 Å². The van der Waals surface area contributed by atoms with Crippen molar-refractivity contribution in [1.82, 2.24) is 4.98 Å². The quantitative estimate of drug-likeness (QED) is 0.840. The van der Waals surface area contributed by atoms with E-state index in [1.807, 2.05) is 0 Å². The van der Waals surface area contributed by atoms with E-state index in [0.717, 1.165) is 24.5 Å². The molecule has 0 amide bonds. The minimum absolute atomic E-state index is 0.0377. The Bertz CT molecular complexity index is 576. The Labute approximate surface area is 111 Å². The van der Waals surface area contributed by atoms with Crippen LogP contribution in [0.5, 0.6) is 0 Å². The Morgan fingerprint density at radius 3 is 3.00 bits per heavy atom. The first-order chi connectivity index (χ1) is 8.57. The fourth-order valence-corrected chi connectivity index (χ4v) is 4.66. The molecule has 0 aliphatic carbocycles. The molecule has 2 aliphatic rings. The summed E-state index contributed by atoms with van der Waals surface area (Å²) in [7, 11) is -2.88. The predicted molar refractivity (Wildman–Crippen MR) is 72.1 cm³/mol. The molecule has 7 heteroatoms. The maximum Gasteiger partial charge on any atom is 0.152 e. The van der Waals surface area contributed by atoms with Crippen molar-refractivity contribution in [3.63, 3.8) is 0 Å². The van der Waals surface area contributed by atoms with Crippen molar-refractivity contribution in [2.75, 3.05) is 34.8 Å². The molecule has 1 aromatic rings. The number of pyridine rings is 1. The minimum Gasteiger partial charge on any atom is -0.380 e. The van der Waals surface area contributed by atoms with Gasteiger partial charge in [-0.2, -0.15) is 0 Å². The van der Waals surface area contributed by atoms with Crippen molar-refractivity contribution < 1.29 is 8.42 Å².